The summed E-state index contributed by atoms with van der Waals surface area (Å²) in [6.45, 7) is 16.2. The van der Waals surface area contributed by atoms with Gasteiger partial charge in [0.15, 0.2) is 8.32 Å². The molecule has 0 saturated carbocycles. The molecule has 0 unspecified atom stereocenters. The summed E-state index contributed by atoms with van der Waals surface area (Å²) < 4.78 is 60.1. The third-order valence-corrected chi connectivity index (χ3v) is 17.3. The van der Waals surface area contributed by atoms with E-state index >= 15 is 0 Å². The predicted molar refractivity (Wildman–Crippen MR) is 235 cm³/mol. The molecule has 11 nitrogen and oxygen atoms in total. The minimum absolute atomic E-state index is 0.0223. The third-order valence-electron chi connectivity index (χ3n) is 12.7. The van der Waals surface area contributed by atoms with Gasteiger partial charge in [-0.15, -0.1) is 0 Å². The Labute approximate surface area is 364 Å². The molecule has 0 bridgehead atoms. The van der Waals surface area contributed by atoms with Crippen LogP contribution in [0.1, 0.15) is 69.7 Å². The van der Waals surface area contributed by atoms with Crippen LogP contribution in [-0.4, -0.2) is 104 Å². The molecule has 2 aromatic carbocycles. The van der Waals surface area contributed by atoms with Gasteiger partial charge in [-0.2, -0.15) is 13.2 Å². The summed E-state index contributed by atoms with van der Waals surface area (Å²) >= 11 is 0. The van der Waals surface area contributed by atoms with Crippen LogP contribution in [0.25, 0.3) is 11.3 Å². The van der Waals surface area contributed by atoms with Crippen molar-refractivity contribution in [3.05, 3.63) is 108 Å². The number of aliphatic hydroxyl groups excluding tert-OH is 1. The number of rotatable bonds is 15. The monoisotopic (exact) mass is 877 g/mol. The quantitative estimate of drug-likeness (QED) is 0.103. The molecule has 1 fully saturated rings. The molecule has 0 spiro atoms. The summed E-state index contributed by atoms with van der Waals surface area (Å²) in [7, 11) is -2.54. The fourth-order valence-electron chi connectivity index (χ4n) is 8.08. The Morgan fingerprint density at radius 2 is 1.69 bits per heavy atom. The van der Waals surface area contributed by atoms with Crippen LogP contribution in [0.4, 0.5) is 13.2 Å². The first-order valence-corrected chi connectivity index (χ1v) is 24.3. The maximum absolute atomic E-state index is 14.6. The molecule has 1 saturated heterocycles. The predicted octanol–water partition coefficient (Wildman–Crippen LogP) is 7.80. The molecule has 6 rings (SSSR count). The van der Waals surface area contributed by atoms with Crippen LogP contribution in [0.3, 0.4) is 0 Å². The van der Waals surface area contributed by atoms with E-state index < -0.39 is 62.7 Å². The summed E-state index contributed by atoms with van der Waals surface area (Å²) in [5, 5.41) is 16.2. The number of ether oxygens (including phenoxy) is 1. The molecule has 5 atom stereocenters. The summed E-state index contributed by atoms with van der Waals surface area (Å²) in [5.41, 5.74) is 2.59. The van der Waals surface area contributed by atoms with Crippen molar-refractivity contribution in [2.24, 2.45) is 5.92 Å². The highest BCUT2D eigenvalue weighted by Gasteiger charge is 2.45. The third kappa shape index (κ3) is 11.5. The lowest BCUT2D eigenvalue weighted by molar-refractivity contribution is -0.144. The lowest BCUT2D eigenvalue weighted by Crippen LogP contribution is -2.64. The van der Waals surface area contributed by atoms with Crippen molar-refractivity contribution in [2.45, 2.75) is 109 Å². The number of furan rings is 1. The molecule has 2 amide bonds. The van der Waals surface area contributed by atoms with Crippen LogP contribution >= 0.6 is 0 Å². The molecule has 2 aliphatic rings. The molecule has 3 N–H and O–H groups in total. The Kier molecular flexibility index (Phi) is 14.4. The van der Waals surface area contributed by atoms with E-state index in [1.165, 1.54) is 0 Å². The van der Waals surface area contributed by atoms with Crippen molar-refractivity contribution < 1.29 is 41.4 Å². The SMILES string of the molecule is Cc1cc(-c2ccc(C(C)(C)N3CCN(C[C@H](C[C@@H](Cc4ccccc4)C(=O)N[C@H]4c5ccccc5OC[C@H]4O)O[Si](C)(C)C(C)(C)C)[C@H](C(=O)NCC(F)(F)F)C3)o2)ccn1. The fraction of sp³-hybridized carbons (Fsp3) is 0.511. The Hall–Kier alpha value is -4.54. The first-order valence-electron chi connectivity index (χ1n) is 21.4. The molecule has 4 aromatic rings. The lowest BCUT2D eigenvalue weighted by Gasteiger charge is -2.48. The maximum atomic E-state index is 14.6. The van der Waals surface area contributed by atoms with Crippen LogP contribution in [0.2, 0.25) is 18.1 Å². The second-order valence-corrected chi connectivity index (χ2v) is 23.5. The fourth-order valence-corrected chi connectivity index (χ4v) is 9.44. The molecule has 0 radical (unpaired) electrons. The number of fused-ring (bicyclic) bond motifs is 1. The van der Waals surface area contributed by atoms with Gasteiger partial charge in [0, 0.05) is 55.1 Å². The second-order valence-electron chi connectivity index (χ2n) is 18.7. The zero-order valence-corrected chi connectivity index (χ0v) is 38.1. The van der Waals surface area contributed by atoms with E-state index in [2.05, 4.69) is 54.4 Å². The zero-order chi connectivity index (χ0) is 45.0. The number of para-hydroxylation sites is 1. The van der Waals surface area contributed by atoms with Crippen molar-refractivity contribution in [1.82, 2.24) is 25.4 Å². The number of amides is 2. The van der Waals surface area contributed by atoms with Crippen LogP contribution in [0.15, 0.2) is 89.5 Å². The Morgan fingerprint density at radius 1 is 0.984 bits per heavy atom. The molecule has 15 heteroatoms. The molecule has 2 aliphatic heterocycles. The number of hydrogen-bond donors (Lipinski definition) is 3. The van der Waals surface area contributed by atoms with E-state index in [4.69, 9.17) is 13.6 Å². The number of halogens is 3. The minimum Gasteiger partial charge on any atom is -0.490 e. The summed E-state index contributed by atoms with van der Waals surface area (Å²) in [6.07, 6.45) is -3.83. The number of piperazine rings is 1. The molecule has 336 valence electrons. The van der Waals surface area contributed by atoms with E-state index in [1.54, 1.807) is 6.20 Å². The minimum atomic E-state index is -4.60. The molecular formula is C47H62F3N5O6Si. The van der Waals surface area contributed by atoms with E-state index in [1.807, 2.05) is 105 Å². The first-order chi connectivity index (χ1) is 29.1. The number of carbonyl (C=O) groups is 2. The second kappa shape index (κ2) is 19.1. The molecule has 0 aliphatic carbocycles. The van der Waals surface area contributed by atoms with Crippen LogP contribution < -0.4 is 15.4 Å². The van der Waals surface area contributed by atoms with Crippen molar-refractivity contribution >= 4 is 20.1 Å². The highest BCUT2D eigenvalue weighted by atomic mass is 28.4. The standard InChI is InChI=1S/C47H62F3N5O6Si/c1-31-24-33(20-21-51-31)39-18-19-41(60-39)46(5,6)55-23-22-54(37(28-55)44(58)52-30-47(48,49)50)27-35(61-62(7,8)45(2,3)4)26-34(25-32-14-10-9-11-15-32)43(57)53-42-36-16-12-13-17-40(36)59-29-38(42)56/h9-21,24,34-35,37-38,42,56H,22-23,25-30H2,1-8H3,(H,52,58)(H,53,57)/t34-,35+,37+,38-,42+/m1/s1. The van der Waals surface area contributed by atoms with Gasteiger partial charge in [0.1, 0.15) is 42.6 Å². The average molecular weight is 878 g/mol. The van der Waals surface area contributed by atoms with Crippen LogP contribution in [0.5, 0.6) is 5.75 Å². The average Bonchev–Trinajstić information content (AvgIpc) is 3.72. The number of hydrogen-bond acceptors (Lipinski definition) is 9. The maximum Gasteiger partial charge on any atom is 0.405 e. The highest BCUT2D eigenvalue weighted by Crippen LogP contribution is 2.40. The van der Waals surface area contributed by atoms with Gasteiger partial charge in [-0.25, -0.2) is 0 Å². The number of nitrogens with zero attached hydrogens (tertiary/aromatic N) is 3. The summed E-state index contributed by atoms with van der Waals surface area (Å²) in [5.74, 6) is 0.249. The largest absolute Gasteiger partial charge is 0.490 e. The van der Waals surface area contributed by atoms with Crippen LogP contribution in [0, 0.1) is 12.8 Å². The Balaban J connectivity index is 1.30. The van der Waals surface area contributed by atoms with E-state index in [9.17, 15) is 27.9 Å². The number of pyridine rings is 1. The van der Waals surface area contributed by atoms with Gasteiger partial charge in [0.05, 0.1) is 17.7 Å². The van der Waals surface area contributed by atoms with Gasteiger partial charge in [-0.05, 0) is 87.6 Å². The number of benzene rings is 2. The van der Waals surface area contributed by atoms with Crippen molar-refractivity contribution in [3.63, 3.8) is 0 Å². The van der Waals surface area contributed by atoms with Crippen molar-refractivity contribution in [3.8, 4) is 17.1 Å². The Morgan fingerprint density at radius 3 is 2.39 bits per heavy atom. The molecule has 4 heterocycles. The number of nitrogens with one attached hydrogen (secondary N) is 2. The normalized spacial score (nSPS) is 20.2. The lowest BCUT2D eigenvalue weighted by atomic mass is 9.90. The van der Waals surface area contributed by atoms with E-state index in [0.717, 1.165) is 16.8 Å². The van der Waals surface area contributed by atoms with E-state index in [-0.39, 0.29) is 37.1 Å². The van der Waals surface area contributed by atoms with Crippen LogP contribution in [-0.2, 0) is 26.0 Å². The summed E-state index contributed by atoms with van der Waals surface area (Å²) in [6, 6.07) is 22.9. The number of aromatic nitrogens is 1. The van der Waals surface area contributed by atoms with Gasteiger partial charge in [-0.1, -0.05) is 69.3 Å². The van der Waals surface area contributed by atoms with Crippen molar-refractivity contribution in [2.75, 3.05) is 39.3 Å². The number of alkyl halides is 3. The Bertz CT molecular complexity index is 2140. The van der Waals surface area contributed by atoms with Crippen molar-refractivity contribution in [1.29, 1.82) is 0 Å². The first kappa shape index (κ1) is 46.9. The van der Waals surface area contributed by atoms with E-state index in [0.29, 0.717) is 42.3 Å². The van der Waals surface area contributed by atoms with Gasteiger partial charge >= 0.3 is 6.18 Å². The number of aliphatic hydroxyl groups is 1. The van der Waals surface area contributed by atoms with Gasteiger partial charge in [0.2, 0.25) is 11.8 Å². The smallest absolute Gasteiger partial charge is 0.405 e. The van der Waals surface area contributed by atoms with Gasteiger partial charge < -0.3 is 29.3 Å². The summed E-state index contributed by atoms with van der Waals surface area (Å²) in [4.78, 5) is 36.9. The molecule has 2 aromatic heterocycles. The zero-order valence-electron chi connectivity index (χ0n) is 37.1. The number of carbonyl (C=O) groups excluding carboxylic acids is 2. The highest BCUT2D eigenvalue weighted by molar-refractivity contribution is 6.74. The topological polar surface area (TPSA) is 129 Å². The number of aryl methyl sites for hydroxylation is 1. The van der Waals surface area contributed by atoms with Gasteiger partial charge in [-0.3, -0.25) is 24.4 Å². The molecular weight excluding hydrogens is 816 g/mol. The molecule has 62 heavy (non-hydrogen) atoms. The van der Waals surface area contributed by atoms with Gasteiger partial charge in [0.25, 0.3) is 0 Å².